The minimum atomic E-state index is -0.940. The van der Waals surface area contributed by atoms with Crippen LogP contribution in [0.25, 0.3) is 0 Å². The smallest absolute Gasteiger partial charge is 0.194 e. The van der Waals surface area contributed by atoms with Crippen LogP contribution in [-0.2, 0) is 0 Å². The molecule has 0 radical (unpaired) electrons. The predicted octanol–water partition coefficient (Wildman–Crippen LogP) is 1.83. The fraction of sp³-hybridized carbons (Fsp3) is 0.222. The van der Waals surface area contributed by atoms with Crippen molar-refractivity contribution < 1.29 is 19.4 Å². The summed E-state index contributed by atoms with van der Waals surface area (Å²) in [4.78, 5) is 11.1. The Morgan fingerprint density at radius 2 is 2.00 bits per heavy atom. The summed E-state index contributed by atoms with van der Waals surface area (Å²) in [6.07, 6.45) is 0.193. The highest BCUT2D eigenvalue weighted by Gasteiger charge is 2.15. The highest BCUT2D eigenvalue weighted by Crippen LogP contribution is 2.31. The van der Waals surface area contributed by atoms with Gasteiger partial charge in [-0.15, -0.1) is 0 Å². The van der Waals surface area contributed by atoms with Crippen molar-refractivity contribution in [1.82, 2.24) is 0 Å². The van der Waals surface area contributed by atoms with Crippen LogP contribution in [0.15, 0.2) is 12.1 Å². The lowest BCUT2D eigenvalue weighted by molar-refractivity contribution is 0.0984. The van der Waals surface area contributed by atoms with Gasteiger partial charge in [-0.1, -0.05) is 6.92 Å². The van der Waals surface area contributed by atoms with Crippen LogP contribution >= 0.6 is 0 Å². The van der Waals surface area contributed by atoms with E-state index in [0.29, 0.717) is 0 Å². The third kappa shape index (κ3) is 1.61. The van der Waals surface area contributed by atoms with E-state index in [4.69, 9.17) is 10.2 Å². The number of rotatable bonds is 2. The number of hydrogen-bond acceptors (Lipinski definition) is 3. The summed E-state index contributed by atoms with van der Waals surface area (Å²) in [5, 5.41) is 18.1. The van der Waals surface area contributed by atoms with Crippen LogP contribution in [0.3, 0.4) is 0 Å². The molecule has 0 aliphatic rings. The summed E-state index contributed by atoms with van der Waals surface area (Å²) in [6, 6.07) is 2.09. The molecule has 1 aromatic carbocycles. The molecule has 3 nitrogen and oxygen atoms in total. The van der Waals surface area contributed by atoms with Gasteiger partial charge in [0.05, 0.1) is 5.56 Å². The fourth-order valence-corrected chi connectivity index (χ4v) is 0.970. The topological polar surface area (TPSA) is 57.5 Å². The average molecular weight is 184 g/mol. The van der Waals surface area contributed by atoms with E-state index in [9.17, 15) is 9.18 Å². The monoisotopic (exact) mass is 184 g/mol. The standard InChI is InChI=1S/C9H9FO3/c1-2-7(11)5-3-4-6(10)9(13)8(5)12/h3-4,12-13H,2H2,1H3. The molecule has 0 unspecified atom stereocenters. The van der Waals surface area contributed by atoms with Gasteiger partial charge in [-0.3, -0.25) is 4.79 Å². The van der Waals surface area contributed by atoms with Gasteiger partial charge in [-0.25, -0.2) is 4.39 Å². The van der Waals surface area contributed by atoms with Crippen molar-refractivity contribution in [2.45, 2.75) is 13.3 Å². The van der Waals surface area contributed by atoms with E-state index >= 15 is 0 Å². The zero-order chi connectivity index (χ0) is 10.0. The summed E-state index contributed by atoms with van der Waals surface area (Å²) in [7, 11) is 0. The van der Waals surface area contributed by atoms with Crippen LogP contribution < -0.4 is 0 Å². The summed E-state index contributed by atoms with van der Waals surface area (Å²) in [5.41, 5.74) is -0.0543. The molecule has 0 aliphatic carbocycles. The molecule has 70 valence electrons. The second kappa shape index (κ2) is 3.43. The number of benzene rings is 1. The van der Waals surface area contributed by atoms with Gasteiger partial charge in [0, 0.05) is 6.42 Å². The normalized spacial score (nSPS) is 10.0. The minimum absolute atomic E-state index is 0.0543. The van der Waals surface area contributed by atoms with Gasteiger partial charge < -0.3 is 10.2 Å². The fourth-order valence-electron chi connectivity index (χ4n) is 0.970. The molecule has 0 saturated heterocycles. The molecular weight excluding hydrogens is 175 g/mol. The minimum Gasteiger partial charge on any atom is -0.504 e. The Morgan fingerprint density at radius 3 is 2.54 bits per heavy atom. The quantitative estimate of drug-likeness (QED) is 0.544. The number of phenolic OH excluding ortho intramolecular Hbond substituents is 2. The molecule has 0 heterocycles. The molecule has 0 bridgehead atoms. The number of hydrogen-bond donors (Lipinski definition) is 2. The predicted molar refractivity (Wildman–Crippen MR) is 44.4 cm³/mol. The Kier molecular flexibility index (Phi) is 2.51. The number of aromatic hydroxyl groups is 2. The molecule has 1 aromatic rings. The number of phenols is 2. The van der Waals surface area contributed by atoms with E-state index in [2.05, 4.69) is 0 Å². The van der Waals surface area contributed by atoms with Gasteiger partial charge >= 0.3 is 0 Å². The van der Waals surface area contributed by atoms with E-state index in [0.717, 1.165) is 12.1 Å². The first-order valence-corrected chi connectivity index (χ1v) is 3.81. The zero-order valence-corrected chi connectivity index (χ0v) is 7.04. The maximum atomic E-state index is 12.6. The first kappa shape index (κ1) is 9.51. The zero-order valence-electron chi connectivity index (χ0n) is 7.04. The van der Waals surface area contributed by atoms with Crippen molar-refractivity contribution in [3.8, 4) is 11.5 Å². The number of carbonyl (C=O) groups is 1. The van der Waals surface area contributed by atoms with Crippen LogP contribution in [0.4, 0.5) is 4.39 Å². The summed E-state index contributed by atoms with van der Waals surface area (Å²) < 4.78 is 12.6. The second-order valence-electron chi connectivity index (χ2n) is 2.57. The first-order valence-electron chi connectivity index (χ1n) is 3.81. The Balaban J connectivity index is 3.26. The molecule has 0 aliphatic heterocycles. The van der Waals surface area contributed by atoms with E-state index < -0.39 is 17.3 Å². The number of ketones is 1. The molecule has 0 fully saturated rings. The molecule has 0 saturated carbocycles. The Morgan fingerprint density at radius 1 is 1.38 bits per heavy atom. The summed E-state index contributed by atoms with van der Waals surface area (Å²) >= 11 is 0. The maximum Gasteiger partial charge on any atom is 0.194 e. The third-order valence-electron chi connectivity index (χ3n) is 1.72. The van der Waals surface area contributed by atoms with Crippen LogP contribution in [0.1, 0.15) is 23.7 Å². The average Bonchev–Trinajstić information content (AvgIpc) is 2.13. The Hall–Kier alpha value is -1.58. The summed E-state index contributed by atoms with van der Waals surface area (Å²) in [6.45, 7) is 1.61. The van der Waals surface area contributed by atoms with E-state index in [1.165, 1.54) is 0 Å². The highest BCUT2D eigenvalue weighted by atomic mass is 19.1. The van der Waals surface area contributed by atoms with Crippen LogP contribution in [0, 0.1) is 5.82 Å². The Bertz CT molecular complexity index is 347. The molecule has 4 heteroatoms. The van der Waals surface area contributed by atoms with Crippen molar-refractivity contribution in [1.29, 1.82) is 0 Å². The SMILES string of the molecule is CCC(=O)c1ccc(F)c(O)c1O. The third-order valence-corrected chi connectivity index (χ3v) is 1.72. The van der Waals surface area contributed by atoms with Crippen LogP contribution in [0.5, 0.6) is 11.5 Å². The van der Waals surface area contributed by atoms with E-state index in [-0.39, 0.29) is 17.8 Å². The molecule has 0 aromatic heterocycles. The van der Waals surface area contributed by atoms with E-state index in [1.807, 2.05) is 0 Å². The van der Waals surface area contributed by atoms with Crippen molar-refractivity contribution in [3.05, 3.63) is 23.5 Å². The lowest BCUT2D eigenvalue weighted by Crippen LogP contribution is -1.97. The van der Waals surface area contributed by atoms with Crippen LogP contribution in [-0.4, -0.2) is 16.0 Å². The van der Waals surface area contributed by atoms with Crippen molar-refractivity contribution >= 4 is 5.78 Å². The largest absolute Gasteiger partial charge is 0.504 e. The molecule has 0 amide bonds. The first-order chi connectivity index (χ1) is 6.07. The lowest BCUT2D eigenvalue weighted by atomic mass is 10.1. The molecule has 0 atom stereocenters. The van der Waals surface area contributed by atoms with E-state index in [1.54, 1.807) is 6.92 Å². The second-order valence-corrected chi connectivity index (χ2v) is 2.57. The maximum absolute atomic E-state index is 12.6. The highest BCUT2D eigenvalue weighted by molar-refractivity contribution is 5.99. The molecule has 0 spiro atoms. The molecule has 2 N–H and O–H groups in total. The molecule has 13 heavy (non-hydrogen) atoms. The molecule has 1 rings (SSSR count). The van der Waals surface area contributed by atoms with Crippen molar-refractivity contribution in [2.75, 3.05) is 0 Å². The van der Waals surface area contributed by atoms with Gasteiger partial charge in [0.15, 0.2) is 23.1 Å². The van der Waals surface area contributed by atoms with Gasteiger partial charge in [-0.05, 0) is 12.1 Å². The Labute approximate surface area is 74.4 Å². The summed E-state index contributed by atoms with van der Waals surface area (Å²) in [5.74, 6) is -2.84. The van der Waals surface area contributed by atoms with Crippen molar-refractivity contribution in [2.24, 2.45) is 0 Å². The van der Waals surface area contributed by atoms with Crippen molar-refractivity contribution in [3.63, 3.8) is 0 Å². The van der Waals surface area contributed by atoms with Gasteiger partial charge in [-0.2, -0.15) is 0 Å². The van der Waals surface area contributed by atoms with Gasteiger partial charge in [0.1, 0.15) is 0 Å². The number of carbonyl (C=O) groups excluding carboxylic acids is 1. The number of Topliss-reactive ketones (excluding diaryl/α,β-unsaturated/α-hetero) is 1. The lowest BCUT2D eigenvalue weighted by Gasteiger charge is -2.03. The molecular formula is C9H9FO3. The van der Waals surface area contributed by atoms with Gasteiger partial charge in [0.25, 0.3) is 0 Å². The van der Waals surface area contributed by atoms with Crippen LogP contribution in [0.2, 0.25) is 0 Å². The van der Waals surface area contributed by atoms with Gasteiger partial charge in [0.2, 0.25) is 0 Å². The number of halogens is 1.